The summed E-state index contributed by atoms with van der Waals surface area (Å²) < 4.78 is 0. The number of hydrazine groups is 1. The average molecular weight is 178 g/mol. The molecular weight excluding hydrogens is 160 g/mol. The number of hydrogen-bond donors (Lipinski definition) is 1. The van der Waals surface area contributed by atoms with Crippen LogP contribution in [0.1, 0.15) is 30.9 Å². The minimum absolute atomic E-state index is 0.515. The van der Waals surface area contributed by atoms with Crippen LogP contribution in [0.2, 0.25) is 0 Å². The van der Waals surface area contributed by atoms with Crippen LogP contribution >= 0.6 is 0 Å². The summed E-state index contributed by atoms with van der Waals surface area (Å²) in [6.07, 6.45) is 0. The zero-order valence-electron chi connectivity index (χ0n) is 8.83. The first-order valence-electron chi connectivity index (χ1n) is 4.62. The summed E-state index contributed by atoms with van der Waals surface area (Å²) in [6, 6.07) is 6.30. The molecule has 0 amide bonds. The highest BCUT2D eigenvalue weighted by molar-refractivity contribution is 5.58. The number of para-hydroxylation sites is 1. The van der Waals surface area contributed by atoms with E-state index in [1.165, 1.54) is 11.1 Å². The summed E-state index contributed by atoms with van der Waals surface area (Å²) in [5, 5.41) is 1.70. The van der Waals surface area contributed by atoms with Crippen molar-refractivity contribution in [2.75, 3.05) is 12.1 Å². The number of hydrogen-bond acceptors (Lipinski definition) is 2. The molecule has 13 heavy (non-hydrogen) atoms. The lowest BCUT2D eigenvalue weighted by Crippen LogP contribution is -2.27. The summed E-state index contributed by atoms with van der Waals surface area (Å²) in [5.41, 5.74) is 3.69. The van der Waals surface area contributed by atoms with Crippen LogP contribution < -0.4 is 10.9 Å². The largest absolute Gasteiger partial charge is 0.314 e. The third kappa shape index (κ3) is 2.01. The fourth-order valence-electron chi connectivity index (χ4n) is 1.63. The van der Waals surface area contributed by atoms with Crippen LogP contribution in [-0.4, -0.2) is 7.05 Å². The maximum atomic E-state index is 5.79. The van der Waals surface area contributed by atoms with Crippen LogP contribution in [0.3, 0.4) is 0 Å². The standard InChI is InChI=1S/C11H18N2/c1-8(2)10-7-5-6-9(3)11(10)13(4)12/h5-8H,12H2,1-4H3. The summed E-state index contributed by atoms with van der Waals surface area (Å²) in [6.45, 7) is 6.45. The normalized spacial score (nSPS) is 10.6. The second kappa shape index (κ2) is 3.79. The molecule has 0 unspecified atom stereocenters. The molecule has 2 N–H and O–H groups in total. The first kappa shape index (κ1) is 10.1. The lowest BCUT2D eigenvalue weighted by Gasteiger charge is -2.21. The van der Waals surface area contributed by atoms with Crippen LogP contribution in [0, 0.1) is 6.92 Å². The summed E-state index contributed by atoms with van der Waals surface area (Å²) in [4.78, 5) is 0. The molecule has 0 aliphatic carbocycles. The average Bonchev–Trinajstić information content (AvgIpc) is 2.02. The molecule has 2 nitrogen and oxygen atoms in total. The molecule has 0 radical (unpaired) electrons. The quantitative estimate of drug-likeness (QED) is 0.556. The van der Waals surface area contributed by atoms with Gasteiger partial charge in [-0.1, -0.05) is 32.0 Å². The molecule has 0 saturated heterocycles. The van der Waals surface area contributed by atoms with Gasteiger partial charge in [0.25, 0.3) is 0 Å². The Morgan fingerprint density at radius 1 is 1.31 bits per heavy atom. The second-order valence-corrected chi connectivity index (χ2v) is 3.78. The Balaban J connectivity index is 3.26. The molecule has 1 aromatic carbocycles. The van der Waals surface area contributed by atoms with E-state index in [4.69, 9.17) is 5.84 Å². The van der Waals surface area contributed by atoms with E-state index in [0.29, 0.717) is 5.92 Å². The number of rotatable bonds is 2. The van der Waals surface area contributed by atoms with Gasteiger partial charge in [0.1, 0.15) is 0 Å². The van der Waals surface area contributed by atoms with Crippen molar-refractivity contribution >= 4 is 5.69 Å². The van der Waals surface area contributed by atoms with Crippen molar-refractivity contribution in [2.24, 2.45) is 5.84 Å². The van der Waals surface area contributed by atoms with Gasteiger partial charge in [0.2, 0.25) is 0 Å². The predicted octanol–water partition coefficient (Wildman–Crippen LogP) is 2.43. The van der Waals surface area contributed by atoms with Gasteiger partial charge in [0, 0.05) is 7.05 Å². The molecule has 72 valence electrons. The van der Waals surface area contributed by atoms with E-state index in [1.807, 2.05) is 7.05 Å². The molecule has 0 spiro atoms. The van der Waals surface area contributed by atoms with E-state index < -0.39 is 0 Å². The Morgan fingerprint density at radius 3 is 2.31 bits per heavy atom. The lowest BCUT2D eigenvalue weighted by atomic mass is 9.98. The molecule has 0 atom stereocenters. The Labute approximate surface area is 80.3 Å². The molecule has 0 bridgehead atoms. The van der Waals surface area contributed by atoms with Crippen molar-refractivity contribution in [3.63, 3.8) is 0 Å². The number of aryl methyl sites for hydroxylation is 1. The van der Waals surface area contributed by atoms with Gasteiger partial charge >= 0.3 is 0 Å². The van der Waals surface area contributed by atoms with Crippen molar-refractivity contribution in [3.8, 4) is 0 Å². The van der Waals surface area contributed by atoms with Gasteiger partial charge in [0.05, 0.1) is 5.69 Å². The van der Waals surface area contributed by atoms with Crippen LogP contribution in [0.4, 0.5) is 5.69 Å². The summed E-state index contributed by atoms with van der Waals surface area (Å²) in [5.74, 6) is 6.30. The molecule has 0 saturated carbocycles. The number of benzene rings is 1. The third-order valence-corrected chi connectivity index (χ3v) is 2.24. The smallest absolute Gasteiger partial charge is 0.0577 e. The number of anilines is 1. The highest BCUT2D eigenvalue weighted by atomic mass is 15.4. The maximum Gasteiger partial charge on any atom is 0.0577 e. The molecule has 0 aliphatic heterocycles. The van der Waals surface area contributed by atoms with E-state index in [1.54, 1.807) is 5.01 Å². The lowest BCUT2D eigenvalue weighted by molar-refractivity contribution is 0.847. The maximum absolute atomic E-state index is 5.79. The highest BCUT2D eigenvalue weighted by Crippen LogP contribution is 2.28. The van der Waals surface area contributed by atoms with Crippen molar-refractivity contribution in [1.29, 1.82) is 0 Å². The minimum atomic E-state index is 0.515. The SMILES string of the molecule is Cc1cccc(C(C)C)c1N(C)N. The van der Waals surface area contributed by atoms with Gasteiger partial charge in [-0.05, 0) is 24.0 Å². The van der Waals surface area contributed by atoms with E-state index in [2.05, 4.69) is 39.0 Å². The monoisotopic (exact) mass is 178 g/mol. The first-order valence-corrected chi connectivity index (χ1v) is 4.62. The fourth-order valence-corrected chi connectivity index (χ4v) is 1.63. The van der Waals surface area contributed by atoms with Crippen LogP contribution in [0.25, 0.3) is 0 Å². The van der Waals surface area contributed by atoms with Crippen LogP contribution in [0.5, 0.6) is 0 Å². The van der Waals surface area contributed by atoms with E-state index >= 15 is 0 Å². The van der Waals surface area contributed by atoms with Gasteiger partial charge in [-0.2, -0.15) is 0 Å². The van der Waals surface area contributed by atoms with Gasteiger partial charge in [-0.15, -0.1) is 0 Å². The molecule has 0 aliphatic rings. The topological polar surface area (TPSA) is 29.3 Å². The summed E-state index contributed by atoms with van der Waals surface area (Å²) in [7, 11) is 1.88. The van der Waals surface area contributed by atoms with Crippen molar-refractivity contribution < 1.29 is 0 Å². The Morgan fingerprint density at radius 2 is 1.92 bits per heavy atom. The van der Waals surface area contributed by atoms with Crippen molar-refractivity contribution in [1.82, 2.24) is 0 Å². The number of nitrogens with zero attached hydrogens (tertiary/aromatic N) is 1. The zero-order chi connectivity index (χ0) is 10.0. The van der Waals surface area contributed by atoms with Gasteiger partial charge < -0.3 is 5.01 Å². The first-order chi connectivity index (χ1) is 6.04. The number of nitrogens with two attached hydrogens (primary N) is 1. The molecular formula is C11H18N2. The molecule has 0 aromatic heterocycles. The van der Waals surface area contributed by atoms with Crippen LogP contribution in [0.15, 0.2) is 18.2 Å². The van der Waals surface area contributed by atoms with Gasteiger partial charge in [0.15, 0.2) is 0 Å². The molecule has 0 fully saturated rings. The van der Waals surface area contributed by atoms with E-state index in [0.717, 1.165) is 5.69 Å². The van der Waals surface area contributed by atoms with E-state index in [-0.39, 0.29) is 0 Å². The predicted molar refractivity (Wildman–Crippen MR) is 57.9 cm³/mol. The Hall–Kier alpha value is -1.02. The molecule has 1 rings (SSSR count). The highest BCUT2D eigenvalue weighted by Gasteiger charge is 2.10. The zero-order valence-corrected chi connectivity index (χ0v) is 8.83. The molecule has 1 aromatic rings. The molecule has 2 heteroatoms. The van der Waals surface area contributed by atoms with E-state index in [9.17, 15) is 0 Å². The van der Waals surface area contributed by atoms with Gasteiger partial charge in [-0.25, -0.2) is 5.84 Å². The van der Waals surface area contributed by atoms with Gasteiger partial charge in [-0.3, -0.25) is 0 Å². The minimum Gasteiger partial charge on any atom is -0.314 e. The Kier molecular flexibility index (Phi) is 2.94. The third-order valence-electron chi connectivity index (χ3n) is 2.24. The van der Waals surface area contributed by atoms with Crippen LogP contribution in [-0.2, 0) is 0 Å². The fraction of sp³-hybridized carbons (Fsp3) is 0.455. The summed E-state index contributed by atoms with van der Waals surface area (Å²) >= 11 is 0. The Bertz CT molecular complexity index is 290. The van der Waals surface area contributed by atoms with Crippen molar-refractivity contribution in [2.45, 2.75) is 26.7 Å². The van der Waals surface area contributed by atoms with Crippen molar-refractivity contribution in [3.05, 3.63) is 29.3 Å². The second-order valence-electron chi connectivity index (χ2n) is 3.78. The molecule has 0 heterocycles.